The first-order chi connectivity index (χ1) is 11.9. The summed E-state index contributed by atoms with van der Waals surface area (Å²) in [5.74, 6) is -1.16. The Balaban J connectivity index is 1.95. The highest BCUT2D eigenvalue weighted by Gasteiger charge is 2.22. The number of rotatable bonds is 6. The lowest BCUT2D eigenvalue weighted by atomic mass is 10.1. The number of nitrogens with one attached hydrogen (secondary N) is 1. The molecule has 0 amide bonds. The third-order valence-corrected chi connectivity index (χ3v) is 6.58. The second-order valence-electron chi connectivity index (χ2n) is 5.97. The lowest BCUT2D eigenvalue weighted by molar-refractivity contribution is 0.0696. The van der Waals surface area contributed by atoms with Gasteiger partial charge in [-0.2, -0.15) is 0 Å². The first kappa shape index (κ1) is 18.1. The summed E-state index contributed by atoms with van der Waals surface area (Å²) in [7, 11) is -3.82. The summed E-state index contributed by atoms with van der Waals surface area (Å²) in [5.41, 5.74) is 1.51. The van der Waals surface area contributed by atoms with E-state index in [1.807, 2.05) is 18.4 Å². The Morgan fingerprint density at radius 1 is 1.40 bits per heavy atom. The van der Waals surface area contributed by atoms with E-state index in [0.29, 0.717) is 12.2 Å². The smallest absolute Gasteiger partial charge is 0.335 e. The summed E-state index contributed by atoms with van der Waals surface area (Å²) in [5, 5.41) is 11.2. The number of carbonyl (C=O) groups is 1. The van der Waals surface area contributed by atoms with Gasteiger partial charge in [0.05, 0.1) is 16.6 Å². The fourth-order valence-electron chi connectivity index (χ4n) is 2.77. The monoisotopic (exact) mass is 381 g/mol. The Hall–Kier alpha value is -1.74. The molecule has 8 heteroatoms. The number of aromatic carboxylic acids is 1. The van der Waals surface area contributed by atoms with Gasteiger partial charge in [0.1, 0.15) is 0 Å². The molecule has 1 aromatic heterocycles. The standard InChI is InChI=1S/C17H19NO5S2/c1-11-4-6-24-16(11)12-7-13(17(19)20)9-15(8-12)25(21,22)18-10-14-3-2-5-23-14/h4,6-9,14,18H,2-3,5,10H2,1H3,(H,19,20)/t14-/m0/s1. The summed E-state index contributed by atoms with van der Waals surface area (Å²) >= 11 is 1.45. The number of thiophene rings is 1. The Morgan fingerprint density at radius 2 is 2.20 bits per heavy atom. The molecule has 1 aromatic carbocycles. The van der Waals surface area contributed by atoms with Crippen molar-refractivity contribution in [2.24, 2.45) is 0 Å². The Morgan fingerprint density at radius 3 is 2.80 bits per heavy atom. The van der Waals surface area contributed by atoms with E-state index in [9.17, 15) is 18.3 Å². The van der Waals surface area contributed by atoms with Crippen molar-refractivity contribution in [1.82, 2.24) is 4.72 Å². The van der Waals surface area contributed by atoms with Gasteiger partial charge in [-0.05, 0) is 60.5 Å². The molecular formula is C17H19NO5S2. The Labute approximate surface area is 150 Å². The lowest BCUT2D eigenvalue weighted by Crippen LogP contribution is -2.32. The minimum absolute atomic E-state index is 0.0480. The number of hydrogen-bond acceptors (Lipinski definition) is 5. The van der Waals surface area contributed by atoms with E-state index in [-0.39, 0.29) is 23.1 Å². The van der Waals surface area contributed by atoms with Gasteiger partial charge < -0.3 is 9.84 Å². The van der Waals surface area contributed by atoms with Crippen LogP contribution in [0, 0.1) is 6.92 Å². The van der Waals surface area contributed by atoms with Crippen LogP contribution in [0.1, 0.15) is 28.8 Å². The maximum atomic E-state index is 12.6. The normalized spacial score (nSPS) is 17.7. The van der Waals surface area contributed by atoms with Crippen LogP contribution in [-0.4, -0.2) is 38.7 Å². The van der Waals surface area contributed by atoms with Gasteiger partial charge >= 0.3 is 5.97 Å². The van der Waals surface area contributed by atoms with Crippen molar-refractivity contribution in [3.05, 3.63) is 40.8 Å². The molecular weight excluding hydrogens is 362 g/mol. The molecule has 0 radical (unpaired) electrons. The van der Waals surface area contributed by atoms with Gasteiger partial charge in [0.2, 0.25) is 10.0 Å². The molecule has 2 heterocycles. The molecule has 1 aliphatic rings. The average molecular weight is 381 g/mol. The molecule has 0 aliphatic carbocycles. The topological polar surface area (TPSA) is 92.7 Å². The third-order valence-electron chi connectivity index (χ3n) is 4.11. The van der Waals surface area contributed by atoms with Crippen LogP contribution in [0.15, 0.2) is 34.5 Å². The minimum Gasteiger partial charge on any atom is -0.478 e. The molecule has 1 saturated heterocycles. The molecule has 6 nitrogen and oxygen atoms in total. The van der Waals surface area contributed by atoms with Crippen LogP contribution in [0.2, 0.25) is 0 Å². The van der Waals surface area contributed by atoms with Crippen LogP contribution >= 0.6 is 11.3 Å². The number of benzene rings is 1. The lowest BCUT2D eigenvalue weighted by Gasteiger charge is -2.13. The van der Waals surface area contributed by atoms with Crippen molar-refractivity contribution in [2.75, 3.05) is 13.2 Å². The van der Waals surface area contributed by atoms with Crippen molar-refractivity contribution in [3.63, 3.8) is 0 Å². The number of sulfonamides is 1. The summed E-state index contributed by atoms with van der Waals surface area (Å²) in [6.45, 7) is 2.73. The van der Waals surface area contributed by atoms with E-state index in [0.717, 1.165) is 23.3 Å². The van der Waals surface area contributed by atoms with Gasteiger partial charge in [0, 0.05) is 18.0 Å². The summed E-state index contributed by atoms with van der Waals surface area (Å²) < 4.78 is 33.2. The fourth-order valence-corrected chi connectivity index (χ4v) is 4.82. The fraction of sp³-hybridized carbons (Fsp3) is 0.353. The predicted octanol–water partition coefficient (Wildman–Crippen LogP) is 2.88. The number of carboxylic acid groups (broad SMARTS) is 1. The highest BCUT2D eigenvalue weighted by atomic mass is 32.2. The largest absolute Gasteiger partial charge is 0.478 e. The molecule has 2 aromatic rings. The van der Waals surface area contributed by atoms with E-state index in [1.54, 1.807) is 0 Å². The van der Waals surface area contributed by atoms with Crippen LogP contribution in [0.4, 0.5) is 0 Å². The van der Waals surface area contributed by atoms with E-state index < -0.39 is 16.0 Å². The zero-order valence-corrected chi connectivity index (χ0v) is 15.3. The Bertz CT molecular complexity index is 882. The molecule has 1 fully saturated rings. The van der Waals surface area contributed by atoms with Crippen molar-refractivity contribution in [1.29, 1.82) is 0 Å². The van der Waals surface area contributed by atoms with Crippen LogP contribution < -0.4 is 4.72 Å². The van der Waals surface area contributed by atoms with Gasteiger partial charge in [-0.1, -0.05) is 0 Å². The number of ether oxygens (including phenoxy) is 1. The van der Waals surface area contributed by atoms with Crippen molar-refractivity contribution in [2.45, 2.75) is 30.8 Å². The quantitative estimate of drug-likeness (QED) is 0.803. The molecule has 0 saturated carbocycles. The van der Waals surface area contributed by atoms with E-state index >= 15 is 0 Å². The highest BCUT2D eigenvalue weighted by Crippen LogP contribution is 2.31. The van der Waals surface area contributed by atoms with Gasteiger partial charge in [0.25, 0.3) is 0 Å². The van der Waals surface area contributed by atoms with E-state index in [2.05, 4.69) is 4.72 Å². The van der Waals surface area contributed by atoms with Crippen molar-refractivity contribution in [3.8, 4) is 10.4 Å². The zero-order chi connectivity index (χ0) is 18.0. The highest BCUT2D eigenvalue weighted by molar-refractivity contribution is 7.89. The van der Waals surface area contributed by atoms with Gasteiger partial charge in [-0.3, -0.25) is 0 Å². The maximum Gasteiger partial charge on any atom is 0.335 e. The average Bonchev–Trinajstić information content (AvgIpc) is 3.24. The van der Waals surface area contributed by atoms with Gasteiger partial charge in [-0.15, -0.1) is 11.3 Å². The summed E-state index contributed by atoms with van der Waals surface area (Å²) in [6, 6.07) is 6.12. The zero-order valence-electron chi connectivity index (χ0n) is 13.7. The first-order valence-corrected chi connectivity index (χ1v) is 10.3. The van der Waals surface area contributed by atoms with Crippen LogP contribution in [0.3, 0.4) is 0 Å². The molecule has 0 bridgehead atoms. The second-order valence-corrected chi connectivity index (χ2v) is 8.65. The third kappa shape index (κ3) is 4.09. The van der Waals surface area contributed by atoms with Crippen molar-refractivity contribution >= 4 is 27.3 Å². The maximum absolute atomic E-state index is 12.6. The molecule has 1 atom stereocenters. The predicted molar refractivity (Wildman–Crippen MR) is 95.6 cm³/mol. The number of carboxylic acids is 1. The first-order valence-electron chi connectivity index (χ1n) is 7.91. The minimum atomic E-state index is -3.82. The molecule has 3 rings (SSSR count). The molecule has 1 aliphatic heterocycles. The van der Waals surface area contributed by atoms with E-state index in [4.69, 9.17) is 4.74 Å². The van der Waals surface area contributed by atoms with Crippen molar-refractivity contribution < 1.29 is 23.1 Å². The summed E-state index contributed by atoms with van der Waals surface area (Å²) in [6.07, 6.45) is 1.61. The molecule has 0 unspecified atom stereocenters. The molecule has 0 spiro atoms. The number of aryl methyl sites for hydroxylation is 1. The van der Waals surface area contributed by atoms with E-state index in [1.165, 1.54) is 29.5 Å². The van der Waals surface area contributed by atoms with Crippen LogP contribution in [-0.2, 0) is 14.8 Å². The van der Waals surface area contributed by atoms with Crippen LogP contribution in [0.25, 0.3) is 10.4 Å². The van der Waals surface area contributed by atoms with Gasteiger partial charge in [0.15, 0.2) is 0 Å². The molecule has 134 valence electrons. The SMILES string of the molecule is Cc1ccsc1-c1cc(C(=O)O)cc(S(=O)(=O)NC[C@@H]2CCCO2)c1. The Kier molecular flexibility index (Phi) is 5.24. The van der Waals surface area contributed by atoms with Gasteiger partial charge in [-0.25, -0.2) is 17.9 Å². The van der Waals surface area contributed by atoms with Crippen LogP contribution in [0.5, 0.6) is 0 Å². The summed E-state index contributed by atoms with van der Waals surface area (Å²) in [4.78, 5) is 12.2. The second kappa shape index (κ2) is 7.25. The molecule has 2 N–H and O–H groups in total. The molecule has 25 heavy (non-hydrogen) atoms. The number of hydrogen-bond donors (Lipinski definition) is 2.